The van der Waals surface area contributed by atoms with E-state index in [0.29, 0.717) is 18.6 Å². The van der Waals surface area contributed by atoms with Crippen LogP contribution in [-0.2, 0) is 0 Å². The first-order valence-corrected chi connectivity index (χ1v) is 6.54. The molecule has 0 bridgehead atoms. The third-order valence-corrected chi connectivity index (χ3v) is 3.40. The van der Waals surface area contributed by atoms with E-state index >= 15 is 0 Å². The highest BCUT2D eigenvalue weighted by Gasteiger charge is 2.25. The fourth-order valence-electron chi connectivity index (χ4n) is 1.99. The van der Waals surface area contributed by atoms with Crippen molar-refractivity contribution >= 4 is 0 Å². The molecule has 0 saturated heterocycles. The largest absolute Gasteiger partial charge is 0.492 e. The Labute approximate surface area is 104 Å². The molecule has 0 aliphatic heterocycles. The van der Waals surface area contributed by atoms with Crippen LogP contribution in [0.15, 0.2) is 18.5 Å². The molecular weight excluding hydrogens is 212 g/mol. The molecule has 0 radical (unpaired) electrons. The first-order valence-electron chi connectivity index (χ1n) is 6.54. The van der Waals surface area contributed by atoms with Gasteiger partial charge in [-0.2, -0.15) is 0 Å². The first-order chi connectivity index (χ1) is 8.20. The van der Waals surface area contributed by atoms with Gasteiger partial charge >= 0.3 is 0 Å². The fraction of sp³-hybridized carbons (Fsp3) is 0.643. The molecule has 0 spiro atoms. The van der Waals surface area contributed by atoms with Crippen molar-refractivity contribution in [3.63, 3.8) is 0 Å². The van der Waals surface area contributed by atoms with Crippen LogP contribution in [0.1, 0.15) is 45.1 Å². The number of hydrogen-bond acceptors (Lipinski definition) is 3. The Morgan fingerprint density at radius 3 is 2.82 bits per heavy atom. The van der Waals surface area contributed by atoms with Gasteiger partial charge in [-0.3, -0.25) is 4.98 Å². The molecule has 3 heteroatoms. The van der Waals surface area contributed by atoms with Crippen molar-refractivity contribution in [2.24, 2.45) is 0 Å². The maximum atomic E-state index is 5.49. The van der Waals surface area contributed by atoms with Crippen molar-refractivity contribution in [3.05, 3.63) is 24.0 Å². The van der Waals surface area contributed by atoms with E-state index in [2.05, 4.69) is 30.2 Å². The molecular formula is C14H22N2O. The zero-order valence-electron chi connectivity index (χ0n) is 10.9. The Kier molecular flexibility index (Phi) is 4.00. The average molecular weight is 234 g/mol. The highest BCUT2D eigenvalue weighted by Crippen LogP contribution is 2.26. The van der Waals surface area contributed by atoms with Crippen LogP contribution in [0.5, 0.6) is 5.75 Å². The summed E-state index contributed by atoms with van der Waals surface area (Å²) in [5.74, 6) is 1.33. The van der Waals surface area contributed by atoms with Gasteiger partial charge in [-0.25, -0.2) is 0 Å². The minimum absolute atomic E-state index is 0.462. The molecule has 2 rings (SSSR count). The molecule has 1 N–H and O–H groups in total. The van der Waals surface area contributed by atoms with Crippen LogP contribution in [0, 0.1) is 0 Å². The lowest BCUT2D eigenvalue weighted by atomic mass is 9.95. The van der Waals surface area contributed by atoms with Crippen molar-refractivity contribution in [2.75, 3.05) is 6.61 Å². The molecule has 94 valence electrons. The van der Waals surface area contributed by atoms with Crippen LogP contribution in [0.4, 0.5) is 0 Å². The lowest BCUT2D eigenvalue weighted by Crippen LogP contribution is -2.32. The monoisotopic (exact) mass is 234 g/mol. The van der Waals surface area contributed by atoms with Gasteiger partial charge in [0.15, 0.2) is 0 Å². The van der Waals surface area contributed by atoms with E-state index in [1.54, 1.807) is 6.20 Å². The highest BCUT2D eigenvalue weighted by atomic mass is 16.5. The predicted octanol–water partition coefficient (Wildman–Crippen LogP) is 2.72. The minimum atomic E-state index is 0.462. The predicted molar refractivity (Wildman–Crippen MR) is 69.4 cm³/mol. The summed E-state index contributed by atoms with van der Waals surface area (Å²) in [5, 5.41) is 3.63. The summed E-state index contributed by atoms with van der Waals surface area (Å²) < 4.78 is 5.49. The van der Waals surface area contributed by atoms with E-state index in [1.807, 2.05) is 13.1 Å². The SMILES string of the molecule is CCOc1cncc(C(C)C(C)NC2CC2)c1. The summed E-state index contributed by atoms with van der Waals surface area (Å²) in [6.45, 7) is 7.17. The number of aromatic nitrogens is 1. The molecule has 2 atom stereocenters. The van der Waals surface area contributed by atoms with E-state index in [1.165, 1.54) is 18.4 Å². The van der Waals surface area contributed by atoms with Crippen LogP contribution in [0.25, 0.3) is 0 Å². The summed E-state index contributed by atoms with van der Waals surface area (Å²) >= 11 is 0. The van der Waals surface area contributed by atoms with Gasteiger partial charge in [0.1, 0.15) is 5.75 Å². The quantitative estimate of drug-likeness (QED) is 0.821. The van der Waals surface area contributed by atoms with Gasteiger partial charge < -0.3 is 10.1 Å². The standard InChI is InChI=1S/C14H22N2O/c1-4-17-14-7-12(8-15-9-14)10(2)11(3)16-13-5-6-13/h7-11,13,16H,4-6H2,1-3H3. The minimum Gasteiger partial charge on any atom is -0.492 e. The Morgan fingerprint density at radius 2 is 2.18 bits per heavy atom. The molecule has 1 aromatic rings. The molecule has 1 heterocycles. The Balaban J connectivity index is 2.00. The third kappa shape index (κ3) is 3.43. The lowest BCUT2D eigenvalue weighted by molar-refractivity contribution is 0.337. The van der Waals surface area contributed by atoms with E-state index in [9.17, 15) is 0 Å². The summed E-state index contributed by atoms with van der Waals surface area (Å²) in [6, 6.07) is 3.34. The van der Waals surface area contributed by atoms with E-state index in [4.69, 9.17) is 4.74 Å². The second-order valence-electron chi connectivity index (χ2n) is 4.91. The molecule has 0 amide bonds. The summed E-state index contributed by atoms with van der Waals surface area (Å²) in [6.07, 6.45) is 6.37. The van der Waals surface area contributed by atoms with E-state index in [-0.39, 0.29) is 0 Å². The summed E-state index contributed by atoms with van der Waals surface area (Å²) in [5.41, 5.74) is 1.25. The van der Waals surface area contributed by atoms with Crippen molar-refractivity contribution in [1.29, 1.82) is 0 Å². The molecule has 1 saturated carbocycles. The van der Waals surface area contributed by atoms with E-state index in [0.717, 1.165) is 11.8 Å². The van der Waals surface area contributed by atoms with Crippen LogP contribution in [0.2, 0.25) is 0 Å². The molecule has 1 aromatic heterocycles. The normalized spacial score (nSPS) is 18.8. The van der Waals surface area contributed by atoms with Gasteiger partial charge in [0.25, 0.3) is 0 Å². The van der Waals surface area contributed by atoms with Gasteiger partial charge in [0, 0.05) is 18.3 Å². The van der Waals surface area contributed by atoms with Crippen LogP contribution in [-0.4, -0.2) is 23.7 Å². The first kappa shape index (κ1) is 12.4. The Bertz CT molecular complexity index is 363. The number of nitrogens with zero attached hydrogens (tertiary/aromatic N) is 1. The number of hydrogen-bond donors (Lipinski definition) is 1. The Morgan fingerprint density at radius 1 is 1.41 bits per heavy atom. The number of pyridine rings is 1. The smallest absolute Gasteiger partial charge is 0.137 e. The molecule has 3 nitrogen and oxygen atoms in total. The summed E-state index contributed by atoms with van der Waals surface area (Å²) in [4.78, 5) is 4.25. The van der Waals surface area contributed by atoms with E-state index < -0.39 is 0 Å². The second-order valence-corrected chi connectivity index (χ2v) is 4.91. The van der Waals surface area contributed by atoms with Gasteiger partial charge in [-0.05, 0) is 44.2 Å². The molecule has 17 heavy (non-hydrogen) atoms. The molecule has 1 aliphatic rings. The van der Waals surface area contributed by atoms with Gasteiger partial charge in [0.05, 0.1) is 12.8 Å². The van der Waals surface area contributed by atoms with Crippen molar-refractivity contribution in [2.45, 2.75) is 51.6 Å². The Hall–Kier alpha value is -1.09. The van der Waals surface area contributed by atoms with Gasteiger partial charge in [0.2, 0.25) is 0 Å². The number of nitrogens with one attached hydrogen (secondary N) is 1. The summed E-state index contributed by atoms with van der Waals surface area (Å²) in [7, 11) is 0. The molecule has 1 aliphatic carbocycles. The number of rotatable bonds is 6. The van der Waals surface area contributed by atoms with Crippen molar-refractivity contribution < 1.29 is 4.74 Å². The van der Waals surface area contributed by atoms with Crippen molar-refractivity contribution in [1.82, 2.24) is 10.3 Å². The topological polar surface area (TPSA) is 34.1 Å². The molecule has 1 fully saturated rings. The van der Waals surface area contributed by atoms with Crippen LogP contribution < -0.4 is 10.1 Å². The van der Waals surface area contributed by atoms with Crippen LogP contribution >= 0.6 is 0 Å². The lowest BCUT2D eigenvalue weighted by Gasteiger charge is -2.21. The van der Waals surface area contributed by atoms with Gasteiger partial charge in [-0.1, -0.05) is 6.92 Å². The maximum absolute atomic E-state index is 5.49. The maximum Gasteiger partial charge on any atom is 0.137 e. The molecule has 2 unspecified atom stereocenters. The fourth-order valence-corrected chi connectivity index (χ4v) is 1.99. The zero-order valence-corrected chi connectivity index (χ0v) is 10.9. The van der Waals surface area contributed by atoms with Gasteiger partial charge in [-0.15, -0.1) is 0 Å². The third-order valence-electron chi connectivity index (χ3n) is 3.40. The second kappa shape index (κ2) is 5.50. The molecule has 0 aromatic carbocycles. The van der Waals surface area contributed by atoms with Crippen molar-refractivity contribution in [3.8, 4) is 5.75 Å². The zero-order chi connectivity index (χ0) is 12.3. The number of ether oxygens (including phenoxy) is 1. The van der Waals surface area contributed by atoms with Crippen LogP contribution in [0.3, 0.4) is 0 Å². The average Bonchev–Trinajstić information content (AvgIpc) is 3.13. The highest BCUT2D eigenvalue weighted by molar-refractivity contribution is 5.27.